The Bertz CT molecular complexity index is 1110. The number of hydrogen-bond donors (Lipinski definition) is 0. The summed E-state index contributed by atoms with van der Waals surface area (Å²) in [6.07, 6.45) is 3.81. The van der Waals surface area contributed by atoms with Crippen LogP contribution in [0, 0.1) is 11.6 Å². The summed E-state index contributed by atoms with van der Waals surface area (Å²) in [7, 11) is -3.94. The van der Waals surface area contributed by atoms with Gasteiger partial charge in [0, 0.05) is 44.0 Å². The van der Waals surface area contributed by atoms with Crippen LogP contribution in [-0.4, -0.2) is 59.1 Å². The Morgan fingerprint density at radius 1 is 1.14 bits per heavy atom. The van der Waals surface area contributed by atoms with Gasteiger partial charge in [0.15, 0.2) is 16.6 Å². The summed E-state index contributed by atoms with van der Waals surface area (Å²) in [6, 6.07) is 2.50. The average molecular weight is 426 g/mol. The summed E-state index contributed by atoms with van der Waals surface area (Å²) < 4.78 is 54.7. The molecule has 1 saturated heterocycles. The molecule has 0 radical (unpaired) electrons. The van der Waals surface area contributed by atoms with Gasteiger partial charge in [0.1, 0.15) is 0 Å². The SMILES string of the molecule is O=C(Cc1cn2ccsc2n1)N1CCN(S(=O)(=O)c2ccc(F)c(F)c2)CC1. The molecule has 3 heterocycles. The number of imidazole rings is 1. The standard InChI is InChI=1S/C17H16F2N4O3S2/c18-14-2-1-13(10-15(14)19)28(25,26)23-5-3-21(4-6-23)16(24)9-12-11-22-7-8-27-17(22)20-12/h1-2,7-8,10-11H,3-6,9H2. The number of thiazole rings is 1. The van der Waals surface area contributed by atoms with Crippen molar-refractivity contribution >= 4 is 32.2 Å². The topological polar surface area (TPSA) is 75.0 Å². The van der Waals surface area contributed by atoms with E-state index in [1.165, 1.54) is 15.6 Å². The van der Waals surface area contributed by atoms with Gasteiger partial charge in [0.25, 0.3) is 0 Å². The molecule has 4 rings (SSSR count). The molecule has 0 bridgehead atoms. The summed E-state index contributed by atoms with van der Waals surface area (Å²) in [6.45, 7) is 0.630. The molecule has 0 saturated carbocycles. The number of carbonyl (C=O) groups is 1. The lowest BCUT2D eigenvalue weighted by atomic mass is 10.2. The molecule has 1 amide bonds. The van der Waals surface area contributed by atoms with E-state index in [1.54, 1.807) is 11.1 Å². The number of piperazine rings is 1. The molecule has 148 valence electrons. The number of aromatic nitrogens is 2. The summed E-state index contributed by atoms with van der Waals surface area (Å²) >= 11 is 1.48. The number of rotatable bonds is 4. The van der Waals surface area contributed by atoms with Crippen molar-refractivity contribution in [1.29, 1.82) is 0 Å². The number of amides is 1. The monoisotopic (exact) mass is 426 g/mol. The second-order valence-electron chi connectivity index (χ2n) is 6.36. The lowest BCUT2D eigenvalue weighted by molar-refractivity contribution is -0.131. The minimum Gasteiger partial charge on any atom is -0.340 e. The number of halogens is 2. The van der Waals surface area contributed by atoms with E-state index in [1.807, 2.05) is 16.0 Å². The second-order valence-corrected chi connectivity index (χ2v) is 9.17. The van der Waals surface area contributed by atoms with Crippen molar-refractivity contribution in [3.05, 3.63) is 53.3 Å². The zero-order valence-electron chi connectivity index (χ0n) is 14.6. The molecule has 1 aliphatic heterocycles. The predicted octanol–water partition coefficient (Wildman–Crippen LogP) is 1.75. The first kappa shape index (κ1) is 19.0. The van der Waals surface area contributed by atoms with Crippen LogP contribution < -0.4 is 0 Å². The molecule has 3 aromatic rings. The first-order valence-corrected chi connectivity index (χ1v) is 10.8. The molecule has 0 aliphatic carbocycles. The van der Waals surface area contributed by atoms with E-state index in [0.29, 0.717) is 11.8 Å². The number of hydrogen-bond acceptors (Lipinski definition) is 5. The molecule has 0 spiro atoms. The number of benzene rings is 1. The van der Waals surface area contributed by atoms with E-state index in [2.05, 4.69) is 4.98 Å². The van der Waals surface area contributed by atoms with E-state index in [9.17, 15) is 22.0 Å². The molecule has 1 aromatic carbocycles. The summed E-state index contributed by atoms with van der Waals surface area (Å²) in [5.74, 6) is -2.45. The van der Waals surface area contributed by atoms with Crippen molar-refractivity contribution in [2.75, 3.05) is 26.2 Å². The Kier molecular flexibility index (Phi) is 4.89. The molecule has 11 heteroatoms. The quantitative estimate of drug-likeness (QED) is 0.637. The van der Waals surface area contributed by atoms with E-state index < -0.39 is 21.7 Å². The molecule has 0 atom stereocenters. The van der Waals surface area contributed by atoms with Gasteiger partial charge in [-0.1, -0.05) is 0 Å². The highest BCUT2D eigenvalue weighted by atomic mass is 32.2. The Balaban J connectivity index is 1.40. The fraction of sp³-hybridized carbons (Fsp3) is 0.294. The van der Waals surface area contributed by atoms with Crippen molar-refractivity contribution in [1.82, 2.24) is 18.6 Å². The maximum Gasteiger partial charge on any atom is 0.243 e. The maximum absolute atomic E-state index is 13.4. The van der Waals surface area contributed by atoms with E-state index in [4.69, 9.17) is 0 Å². The lowest BCUT2D eigenvalue weighted by Gasteiger charge is -2.34. The van der Waals surface area contributed by atoms with E-state index in [0.717, 1.165) is 17.1 Å². The molecule has 2 aromatic heterocycles. The van der Waals surface area contributed by atoms with Crippen LogP contribution in [0.1, 0.15) is 5.69 Å². The zero-order chi connectivity index (χ0) is 19.9. The van der Waals surface area contributed by atoms with Crippen LogP contribution in [0.5, 0.6) is 0 Å². The normalized spacial score (nSPS) is 16.0. The molecule has 1 aliphatic rings. The predicted molar refractivity (Wildman–Crippen MR) is 98.5 cm³/mol. The van der Waals surface area contributed by atoms with Crippen LogP contribution in [0.2, 0.25) is 0 Å². The van der Waals surface area contributed by atoms with Crippen LogP contribution in [-0.2, 0) is 21.2 Å². The van der Waals surface area contributed by atoms with Gasteiger partial charge >= 0.3 is 0 Å². The van der Waals surface area contributed by atoms with Gasteiger partial charge < -0.3 is 4.90 Å². The highest BCUT2D eigenvalue weighted by molar-refractivity contribution is 7.89. The molecule has 28 heavy (non-hydrogen) atoms. The third-order valence-electron chi connectivity index (χ3n) is 4.60. The zero-order valence-corrected chi connectivity index (χ0v) is 16.2. The average Bonchev–Trinajstić information content (AvgIpc) is 3.25. The number of sulfonamides is 1. The fourth-order valence-electron chi connectivity index (χ4n) is 3.09. The van der Waals surface area contributed by atoms with Crippen molar-refractivity contribution < 1.29 is 22.0 Å². The minimum absolute atomic E-state index is 0.0886. The number of fused-ring (bicyclic) bond motifs is 1. The molecule has 0 N–H and O–H groups in total. The van der Waals surface area contributed by atoms with Crippen LogP contribution in [0.4, 0.5) is 8.78 Å². The third kappa shape index (κ3) is 3.52. The van der Waals surface area contributed by atoms with Crippen LogP contribution in [0.15, 0.2) is 40.9 Å². The van der Waals surface area contributed by atoms with Gasteiger partial charge in [0.2, 0.25) is 15.9 Å². The molecular weight excluding hydrogens is 410 g/mol. The van der Waals surface area contributed by atoms with Gasteiger partial charge in [-0.05, 0) is 18.2 Å². The maximum atomic E-state index is 13.4. The summed E-state index contributed by atoms with van der Waals surface area (Å²) in [5.41, 5.74) is 0.661. The highest BCUT2D eigenvalue weighted by Gasteiger charge is 2.30. The Morgan fingerprint density at radius 2 is 1.89 bits per heavy atom. The van der Waals surface area contributed by atoms with E-state index >= 15 is 0 Å². The van der Waals surface area contributed by atoms with Crippen molar-refractivity contribution in [3.8, 4) is 0 Å². The fourth-order valence-corrected chi connectivity index (χ4v) is 5.25. The van der Waals surface area contributed by atoms with Crippen LogP contribution >= 0.6 is 11.3 Å². The molecule has 1 fully saturated rings. The van der Waals surface area contributed by atoms with Gasteiger partial charge in [0.05, 0.1) is 17.0 Å². The summed E-state index contributed by atoms with van der Waals surface area (Å²) in [5, 5.41) is 1.90. The van der Waals surface area contributed by atoms with Crippen LogP contribution in [0.3, 0.4) is 0 Å². The minimum atomic E-state index is -3.94. The molecule has 7 nitrogen and oxygen atoms in total. The van der Waals surface area contributed by atoms with Crippen molar-refractivity contribution in [2.45, 2.75) is 11.3 Å². The first-order valence-electron chi connectivity index (χ1n) is 8.48. The molecule has 0 unspecified atom stereocenters. The van der Waals surface area contributed by atoms with Gasteiger partial charge in [-0.15, -0.1) is 11.3 Å². The first-order chi connectivity index (χ1) is 13.3. The summed E-state index contributed by atoms with van der Waals surface area (Å²) in [4.78, 5) is 19.0. The largest absolute Gasteiger partial charge is 0.340 e. The Labute approximate surface area is 163 Å². The Morgan fingerprint density at radius 3 is 2.57 bits per heavy atom. The second kappa shape index (κ2) is 7.22. The Hall–Kier alpha value is -2.37. The third-order valence-corrected chi connectivity index (χ3v) is 7.26. The smallest absolute Gasteiger partial charge is 0.243 e. The van der Waals surface area contributed by atoms with Gasteiger partial charge in [-0.3, -0.25) is 9.20 Å². The van der Waals surface area contributed by atoms with E-state index in [-0.39, 0.29) is 43.4 Å². The highest BCUT2D eigenvalue weighted by Crippen LogP contribution is 2.20. The van der Waals surface area contributed by atoms with Crippen LogP contribution in [0.25, 0.3) is 4.96 Å². The van der Waals surface area contributed by atoms with Crippen molar-refractivity contribution in [2.24, 2.45) is 0 Å². The number of carbonyl (C=O) groups excluding carboxylic acids is 1. The van der Waals surface area contributed by atoms with Gasteiger partial charge in [-0.2, -0.15) is 4.31 Å². The molecular formula is C17H16F2N4O3S2. The number of nitrogens with zero attached hydrogens (tertiary/aromatic N) is 4. The van der Waals surface area contributed by atoms with Crippen molar-refractivity contribution in [3.63, 3.8) is 0 Å². The van der Waals surface area contributed by atoms with Gasteiger partial charge in [-0.25, -0.2) is 22.2 Å². The lowest BCUT2D eigenvalue weighted by Crippen LogP contribution is -2.50.